The Kier molecular flexibility index (Phi) is 7.72. The van der Waals surface area contributed by atoms with Gasteiger partial charge < -0.3 is 15.0 Å². The molecule has 0 aliphatic heterocycles. The molecule has 0 amide bonds. The molecule has 0 fully saturated rings. The standard InChI is InChI=1S/C16H28N2O/c1-5-19-12-11-18(4)13-14(2)16(17-3)15-9-7-6-8-10-15/h6-10,14,16-17H,5,11-13H2,1-4H3. The first-order chi connectivity index (χ1) is 9.19. The highest BCUT2D eigenvalue weighted by atomic mass is 16.5. The molecule has 0 aliphatic rings. The van der Waals surface area contributed by atoms with Crippen molar-refractivity contribution in [2.45, 2.75) is 19.9 Å². The van der Waals surface area contributed by atoms with E-state index in [1.807, 2.05) is 14.0 Å². The number of benzene rings is 1. The summed E-state index contributed by atoms with van der Waals surface area (Å²) in [6.45, 7) is 8.00. The molecule has 108 valence electrons. The van der Waals surface area contributed by atoms with Gasteiger partial charge in [0.15, 0.2) is 0 Å². The molecule has 0 radical (unpaired) electrons. The van der Waals surface area contributed by atoms with Crippen molar-refractivity contribution in [1.29, 1.82) is 0 Å². The quantitative estimate of drug-likeness (QED) is 0.694. The highest BCUT2D eigenvalue weighted by molar-refractivity contribution is 5.19. The van der Waals surface area contributed by atoms with E-state index in [0.29, 0.717) is 12.0 Å². The number of ether oxygens (including phenoxy) is 1. The van der Waals surface area contributed by atoms with E-state index >= 15 is 0 Å². The van der Waals surface area contributed by atoms with Crippen molar-refractivity contribution in [1.82, 2.24) is 10.2 Å². The second-order valence-corrected chi connectivity index (χ2v) is 5.11. The van der Waals surface area contributed by atoms with Crippen LogP contribution in [0.1, 0.15) is 25.5 Å². The van der Waals surface area contributed by atoms with Gasteiger partial charge in [-0.05, 0) is 32.5 Å². The highest BCUT2D eigenvalue weighted by Gasteiger charge is 2.18. The second kappa shape index (κ2) is 9.08. The molecule has 0 saturated carbocycles. The first kappa shape index (κ1) is 16.2. The summed E-state index contributed by atoms with van der Waals surface area (Å²) in [5.74, 6) is 0.555. The van der Waals surface area contributed by atoms with Crippen LogP contribution in [-0.2, 0) is 4.74 Å². The van der Waals surface area contributed by atoms with Crippen molar-refractivity contribution in [3.05, 3.63) is 35.9 Å². The Balaban J connectivity index is 2.48. The zero-order chi connectivity index (χ0) is 14.1. The summed E-state index contributed by atoms with van der Waals surface area (Å²) in [7, 11) is 4.20. The molecule has 0 spiro atoms. The molecule has 3 heteroatoms. The van der Waals surface area contributed by atoms with Crippen molar-refractivity contribution in [3.63, 3.8) is 0 Å². The van der Waals surface area contributed by atoms with Gasteiger partial charge in [-0.3, -0.25) is 0 Å². The molecule has 2 unspecified atom stereocenters. The molecule has 1 rings (SSSR count). The molecule has 1 N–H and O–H groups in total. The smallest absolute Gasteiger partial charge is 0.0593 e. The number of nitrogens with one attached hydrogen (secondary N) is 1. The zero-order valence-corrected chi connectivity index (χ0v) is 12.7. The Morgan fingerprint density at radius 3 is 2.53 bits per heavy atom. The third-order valence-corrected chi connectivity index (χ3v) is 3.46. The van der Waals surface area contributed by atoms with Crippen LogP contribution in [0.4, 0.5) is 0 Å². The molecule has 0 aliphatic carbocycles. The van der Waals surface area contributed by atoms with Crippen LogP contribution in [0.3, 0.4) is 0 Å². The van der Waals surface area contributed by atoms with E-state index in [1.165, 1.54) is 5.56 Å². The lowest BCUT2D eigenvalue weighted by atomic mass is 9.94. The minimum absolute atomic E-state index is 0.399. The normalized spacial score (nSPS) is 14.6. The van der Waals surface area contributed by atoms with Gasteiger partial charge in [0.1, 0.15) is 0 Å². The van der Waals surface area contributed by atoms with Crippen LogP contribution in [0.5, 0.6) is 0 Å². The molecule has 0 aromatic heterocycles. The van der Waals surface area contributed by atoms with Gasteiger partial charge in [-0.15, -0.1) is 0 Å². The van der Waals surface area contributed by atoms with E-state index in [2.05, 4.69) is 54.5 Å². The van der Waals surface area contributed by atoms with Gasteiger partial charge >= 0.3 is 0 Å². The van der Waals surface area contributed by atoms with Crippen LogP contribution < -0.4 is 5.32 Å². The summed E-state index contributed by atoms with van der Waals surface area (Å²) in [6.07, 6.45) is 0. The average molecular weight is 264 g/mol. The maximum Gasteiger partial charge on any atom is 0.0593 e. The third kappa shape index (κ3) is 5.72. The van der Waals surface area contributed by atoms with Crippen LogP contribution in [0.2, 0.25) is 0 Å². The topological polar surface area (TPSA) is 24.5 Å². The van der Waals surface area contributed by atoms with Crippen LogP contribution in [0.25, 0.3) is 0 Å². The van der Waals surface area contributed by atoms with Gasteiger partial charge in [-0.1, -0.05) is 37.3 Å². The Hall–Kier alpha value is -0.900. The lowest BCUT2D eigenvalue weighted by Gasteiger charge is -2.28. The maximum absolute atomic E-state index is 5.40. The van der Waals surface area contributed by atoms with Crippen molar-refractivity contribution in [2.75, 3.05) is 40.4 Å². The Morgan fingerprint density at radius 1 is 1.26 bits per heavy atom. The number of nitrogens with zero attached hydrogens (tertiary/aromatic N) is 1. The summed E-state index contributed by atoms with van der Waals surface area (Å²) >= 11 is 0. The third-order valence-electron chi connectivity index (χ3n) is 3.46. The molecule has 1 aromatic carbocycles. The predicted molar refractivity (Wildman–Crippen MR) is 81.4 cm³/mol. The van der Waals surface area contributed by atoms with E-state index in [-0.39, 0.29) is 0 Å². The minimum Gasteiger partial charge on any atom is -0.380 e. The number of hydrogen-bond acceptors (Lipinski definition) is 3. The van der Waals surface area contributed by atoms with Crippen LogP contribution in [0.15, 0.2) is 30.3 Å². The highest BCUT2D eigenvalue weighted by Crippen LogP contribution is 2.21. The van der Waals surface area contributed by atoms with Crippen LogP contribution in [-0.4, -0.2) is 45.3 Å². The Bertz CT molecular complexity index is 329. The Labute approximate surface area is 118 Å². The fraction of sp³-hybridized carbons (Fsp3) is 0.625. The van der Waals surface area contributed by atoms with Gasteiger partial charge in [-0.25, -0.2) is 0 Å². The molecule has 0 bridgehead atoms. The zero-order valence-electron chi connectivity index (χ0n) is 12.7. The van der Waals surface area contributed by atoms with Crippen LogP contribution >= 0.6 is 0 Å². The second-order valence-electron chi connectivity index (χ2n) is 5.11. The van der Waals surface area contributed by atoms with E-state index < -0.39 is 0 Å². The molecule has 0 saturated heterocycles. The van der Waals surface area contributed by atoms with E-state index in [1.54, 1.807) is 0 Å². The molecule has 19 heavy (non-hydrogen) atoms. The summed E-state index contributed by atoms with van der Waals surface area (Å²) in [6, 6.07) is 11.1. The molecule has 2 atom stereocenters. The Morgan fingerprint density at radius 2 is 1.95 bits per heavy atom. The van der Waals surface area contributed by atoms with Crippen molar-refractivity contribution < 1.29 is 4.74 Å². The predicted octanol–water partition coefficient (Wildman–Crippen LogP) is 2.55. The largest absolute Gasteiger partial charge is 0.380 e. The fourth-order valence-electron chi connectivity index (χ4n) is 2.49. The minimum atomic E-state index is 0.399. The summed E-state index contributed by atoms with van der Waals surface area (Å²) in [5, 5.41) is 3.43. The molecule has 0 heterocycles. The maximum atomic E-state index is 5.40. The van der Waals surface area contributed by atoms with Gasteiger partial charge in [0.05, 0.1) is 6.61 Å². The van der Waals surface area contributed by atoms with Gasteiger partial charge in [0, 0.05) is 25.7 Å². The van der Waals surface area contributed by atoms with Crippen LogP contribution in [0, 0.1) is 5.92 Å². The molecular formula is C16H28N2O. The number of likely N-dealkylation sites (N-methyl/N-ethyl adjacent to an activating group) is 1. The lowest BCUT2D eigenvalue weighted by molar-refractivity contribution is 0.115. The molecule has 1 aromatic rings. The van der Waals surface area contributed by atoms with Gasteiger partial charge in [0.25, 0.3) is 0 Å². The summed E-state index contributed by atoms with van der Waals surface area (Å²) < 4.78 is 5.40. The first-order valence-corrected chi connectivity index (χ1v) is 7.17. The van der Waals surface area contributed by atoms with E-state index in [0.717, 1.165) is 26.3 Å². The number of hydrogen-bond donors (Lipinski definition) is 1. The lowest BCUT2D eigenvalue weighted by Crippen LogP contribution is -2.34. The first-order valence-electron chi connectivity index (χ1n) is 7.17. The summed E-state index contributed by atoms with van der Waals surface area (Å²) in [4.78, 5) is 2.34. The SMILES string of the molecule is CCOCCN(C)CC(C)C(NC)c1ccccc1. The fourth-order valence-corrected chi connectivity index (χ4v) is 2.49. The van der Waals surface area contributed by atoms with E-state index in [9.17, 15) is 0 Å². The van der Waals surface area contributed by atoms with Crippen molar-refractivity contribution in [2.24, 2.45) is 5.92 Å². The van der Waals surface area contributed by atoms with Crippen molar-refractivity contribution >= 4 is 0 Å². The van der Waals surface area contributed by atoms with Gasteiger partial charge in [0.2, 0.25) is 0 Å². The summed E-state index contributed by atoms with van der Waals surface area (Å²) in [5.41, 5.74) is 1.36. The van der Waals surface area contributed by atoms with Gasteiger partial charge in [-0.2, -0.15) is 0 Å². The molecular weight excluding hydrogens is 236 g/mol. The monoisotopic (exact) mass is 264 g/mol. The molecule has 3 nitrogen and oxygen atoms in total. The van der Waals surface area contributed by atoms with E-state index in [4.69, 9.17) is 4.74 Å². The average Bonchev–Trinajstić information content (AvgIpc) is 2.41. The van der Waals surface area contributed by atoms with Crippen molar-refractivity contribution in [3.8, 4) is 0 Å². The number of rotatable bonds is 9.